The van der Waals surface area contributed by atoms with Crippen molar-refractivity contribution in [2.45, 2.75) is 95.3 Å². The van der Waals surface area contributed by atoms with Gasteiger partial charge in [0.15, 0.2) is 0 Å². The third-order valence-corrected chi connectivity index (χ3v) is 10.2. The van der Waals surface area contributed by atoms with Crippen LogP contribution in [-0.4, -0.2) is 44.2 Å². The number of aromatic nitrogens is 2. The first-order valence-corrected chi connectivity index (χ1v) is 17.5. The number of ether oxygens (including phenoxy) is 1. The summed E-state index contributed by atoms with van der Waals surface area (Å²) in [5.41, 5.74) is 7.75. The molecule has 1 saturated carbocycles. The number of alkyl halides is 2. The molecular formula is C25H42F2N4O3SSi. The lowest BCUT2D eigenvalue weighted by Crippen LogP contribution is -2.41. The summed E-state index contributed by atoms with van der Waals surface area (Å²) in [4.78, 5) is 4.83. The van der Waals surface area contributed by atoms with Crippen LogP contribution in [0.25, 0.3) is 11.0 Å². The van der Waals surface area contributed by atoms with Crippen molar-refractivity contribution in [3.8, 4) is 0 Å². The van der Waals surface area contributed by atoms with Gasteiger partial charge in [0, 0.05) is 33.9 Å². The number of nitrogens with zero attached hydrogens (tertiary/aromatic N) is 2. The smallest absolute Gasteiger partial charge is 0.248 e. The van der Waals surface area contributed by atoms with Crippen LogP contribution in [0.2, 0.25) is 25.7 Å². The van der Waals surface area contributed by atoms with Crippen molar-refractivity contribution < 1.29 is 22.8 Å². The molecule has 7 nitrogen and oxygen atoms in total. The Kier molecular flexibility index (Phi) is 9.16. The van der Waals surface area contributed by atoms with E-state index in [2.05, 4.69) is 19.6 Å². The molecule has 204 valence electrons. The summed E-state index contributed by atoms with van der Waals surface area (Å²) in [5.74, 6) is -2.36. The first kappa shape index (κ1) is 29.3. The average Bonchev–Trinajstić information content (AvgIpc) is 3.08. The van der Waals surface area contributed by atoms with E-state index in [0.29, 0.717) is 43.7 Å². The number of imidazole rings is 1. The van der Waals surface area contributed by atoms with Gasteiger partial charge in [-0.3, -0.25) is 5.14 Å². The second-order valence-corrected chi connectivity index (χ2v) is 19.4. The molecule has 36 heavy (non-hydrogen) atoms. The van der Waals surface area contributed by atoms with E-state index < -0.39 is 36.0 Å². The third kappa shape index (κ3) is 7.64. The fourth-order valence-electron chi connectivity index (χ4n) is 4.95. The van der Waals surface area contributed by atoms with Gasteiger partial charge in [-0.05, 0) is 62.3 Å². The molecule has 0 radical (unpaired) electrons. The van der Waals surface area contributed by atoms with E-state index in [1.54, 1.807) is 26.0 Å². The van der Waals surface area contributed by atoms with Crippen molar-refractivity contribution in [1.82, 2.24) is 9.55 Å². The van der Waals surface area contributed by atoms with Gasteiger partial charge in [0.1, 0.15) is 18.8 Å². The average molecular weight is 545 g/mol. The number of benzene rings is 1. The minimum atomic E-state index is -2.74. The lowest BCUT2D eigenvalue weighted by Gasteiger charge is -2.39. The number of fused-ring (bicyclic) bond motifs is 1. The van der Waals surface area contributed by atoms with Gasteiger partial charge in [0.05, 0.1) is 26.8 Å². The zero-order chi connectivity index (χ0) is 26.9. The van der Waals surface area contributed by atoms with Crippen LogP contribution < -0.4 is 10.9 Å². The summed E-state index contributed by atoms with van der Waals surface area (Å²) in [6, 6.07) is 6.42. The number of hydrogen-bond donors (Lipinski definition) is 3. The topological polar surface area (TPSA) is 116 Å². The molecule has 0 aliphatic heterocycles. The van der Waals surface area contributed by atoms with Crippen LogP contribution in [-0.2, 0) is 28.9 Å². The molecule has 0 spiro atoms. The molecule has 2 aromatic rings. The van der Waals surface area contributed by atoms with Crippen LogP contribution in [0.15, 0.2) is 18.2 Å². The maximum Gasteiger partial charge on any atom is 0.248 e. The largest absolute Gasteiger partial charge is 0.375 e. The summed E-state index contributed by atoms with van der Waals surface area (Å²) in [7, 11) is -2.87. The molecule has 2 unspecified atom stereocenters. The lowest BCUT2D eigenvalue weighted by molar-refractivity contribution is -0.0724. The van der Waals surface area contributed by atoms with Crippen LogP contribution in [0.1, 0.15) is 57.1 Å². The normalized spacial score (nSPS) is 22.6. The van der Waals surface area contributed by atoms with Gasteiger partial charge in [-0.2, -0.15) is 0 Å². The quantitative estimate of drug-likeness (QED) is 0.216. The standard InChI is InChI=1S/C25H42F2N4O3SSi/c1-24(2,35(29)33)14-19-15-25(26,27)9-8-17(19)13-22-30-20-12-18(23(28)32)6-7-21(20)31(22)16-34-10-11-36(3,4)5/h6-7,12,17,19,23,32H,8-11,13-16,28-29H2,1-5H3/t17?,19?,23-,35-/m1/s1. The van der Waals surface area contributed by atoms with Crippen molar-refractivity contribution in [2.75, 3.05) is 6.61 Å². The molecule has 5 N–H and O–H groups in total. The number of aliphatic hydroxyl groups excluding tert-OH is 1. The highest BCUT2D eigenvalue weighted by atomic mass is 32.2. The maximum absolute atomic E-state index is 14.4. The predicted octanol–water partition coefficient (Wildman–Crippen LogP) is 4.68. The van der Waals surface area contributed by atoms with Gasteiger partial charge < -0.3 is 20.1 Å². The number of rotatable bonds is 11. The number of nitrogens with two attached hydrogens (primary N) is 2. The zero-order valence-corrected chi connectivity index (χ0v) is 23.9. The SMILES string of the molecule is CC(C)(CC1CC(F)(F)CCC1Cc1nc2cc([C@H](N)O)ccc2n1COCC[Si](C)(C)C)[S@](N)=O. The van der Waals surface area contributed by atoms with Gasteiger partial charge >= 0.3 is 0 Å². The van der Waals surface area contributed by atoms with Gasteiger partial charge in [-0.1, -0.05) is 25.7 Å². The molecule has 1 aromatic heterocycles. The summed E-state index contributed by atoms with van der Waals surface area (Å²) >= 11 is 0. The van der Waals surface area contributed by atoms with Crippen LogP contribution in [0, 0.1) is 11.8 Å². The number of aliphatic hydroxyl groups is 1. The molecule has 1 aliphatic rings. The first-order chi connectivity index (χ1) is 16.6. The highest BCUT2D eigenvalue weighted by molar-refractivity contribution is 7.84. The molecule has 0 saturated heterocycles. The molecule has 11 heteroatoms. The van der Waals surface area contributed by atoms with E-state index in [1.165, 1.54) is 0 Å². The van der Waals surface area contributed by atoms with Gasteiger partial charge in [-0.25, -0.2) is 18.0 Å². The Labute approximate surface area is 216 Å². The summed E-state index contributed by atoms with van der Waals surface area (Å²) in [6.07, 6.45) is -0.309. The van der Waals surface area contributed by atoms with Crippen LogP contribution in [0.4, 0.5) is 8.78 Å². The third-order valence-electron chi connectivity index (χ3n) is 7.26. The Bertz CT molecular complexity index is 1070. The molecule has 4 atom stereocenters. The van der Waals surface area contributed by atoms with E-state index in [-0.39, 0.29) is 24.7 Å². The second-order valence-electron chi connectivity index (χ2n) is 12.1. The van der Waals surface area contributed by atoms with Crippen molar-refractivity contribution in [1.29, 1.82) is 0 Å². The molecule has 1 heterocycles. The van der Waals surface area contributed by atoms with Crippen molar-refractivity contribution in [3.63, 3.8) is 0 Å². The molecule has 0 bridgehead atoms. The highest BCUT2D eigenvalue weighted by Crippen LogP contribution is 2.45. The van der Waals surface area contributed by atoms with E-state index in [0.717, 1.165) is 17.4 Å². The number of hydrogen-bond acceptors (Lipinski definition) is 5. The van der Waals surface area contributed by atoms with E-state index in [4.69, 9.17) is 20.6 Å². The minimum Gasteiger partial charge on any atom is -0.375 e. The van der Waals surface area contributed by atoms with E-state index >= 15 is 0 Å². The molecule has 1 aliphatic carbocycles. The Morgan fingerprint density at radius 3 is 2.64 bits per heavy atom. The van der Waals surface area contributed by atoms with E-state index in [1.807, 2.05) is 10.6 Å². The second kappa shape index (κ2) is 11.2. The highest BCUT2D eigenvalue weighted by Gasteiger charge is 2.44. The van der Waals surface area contributed by atoms with Crippen molar-refractivity contribution in [3.05, 3.63) is 29.6 Å². The van der Waals surface area contributed by atoms with E-state index in [9.17, 15) is 18.1 Å². The Morgan fingerprint density at radius 1 is 1.33 bits per heavy atom. The van der Waals surface area contributed by atoms with Crippen molar-refractivity contribution >= 4 is 30.1 Å². The van der Waals surface area contributed by atoms with Crippen molar-refractivity contribution in [2.24, 2.45) is 22.7 Å². The monoisotopic (exact) mass is 544 g/mol. The Hall–Kier alpha value is -1.24. The predicted molar refractivity (Wildman–Crippen MR) is 143 cm³/mol. The fraction of sp³-hybridized carbons (Fsp3) is 0.720. The van der Waals surface area contributed by atoms with Gasteiger partial charge in [0.25, 0.3) is 0 Å². The molecule has 0 amide bonds. The van der Waals surface area contributed by atoms with Crippen LogP contribution in [0.5, 0.6) is 0 Å². The number of halogens is 2. The molecular weight excluding hydrogens is 502 g/mol. The Morgan fingerprint density at radius 2 is 2.03 bits per heavy atom. The van der Waals surface area contributed by atoms with Gasteiger partial charge in [0.2, 0.25) is 5.92 Å². The molecule has 1 fully saturated rings. The molecule has 3 rings (SSSR count). The summed E-state index contributed by atoms with van der Waals surface area (Å²) in [5, 5.41) is 15.5. The fourth-order valence-corrected chi connectivity index (χ4v) is 6.09. The molecule has 1 aromatic carbocycles. The zero-order valence-electron chi connectivity index (χ0n) is 22.1. The van der Waals surface area contributed by atoms with Crippen LogP contribution >= 0.6 is 0 Å². The summed E-state index contributed by atoms with van der Waals surface area (Å²) < 4.78 is 48.2. The minimum absolute atomic E-state index is 0.0513. The Balaban J connectivity index is 1.91. The first-order valence-electron chi connectivity index (χ1n) is 12.6. The summed E-state index contributed by atoms with van der Waals surface area (Å²) in [6.45, 7) is 11.4. The lowest BCUT2D eigenvalue weighted by atomic mass is 9.72. The van der Waals surface area contributed by atoms with Crippen LogP contribution in [0.3, 0.4) is 0 Å². The maximum atomic E-state index is 14.4. The van der Waals surface area contributed by atoms with Gasteiger partial charge in [-0.15, -0.1) is 0 Å².